The van der Waals surface area contributed by atoms with E-state index in [1.54, 1.807) is 6.08 Å². The topological polar surface area (TPSA) is 165 Å². The van der Waals surface area contributed by atoms with Gasteiger partial charge in [-0.05, 0) is 6.92 Å². The molecule has 0 spiro atoms. The predicted octanol–water partition coefficient (Wildman–Crippen LogP) is -0.648. The highest BCUT2D eigenvalue weighted by Crippen LogP contribution is 2.26. The third-order valence-corrected chi connectivity index (χ3v) is 0.440. The zero-order chi connectivity index (χ0) is 13.8. The highest BCUT2D eigenvalue weighted by atomic mass is 31.2. The largest absolute Gasteiger partial charge is 0.466 e. The van der Waals surface area contributed by atoms with Crippen LogP contribution in [0, 0.1) is 0 Å². The molecule has 0 fully saturated rings. The number of phosphoric acid groups is 2. The van der Waals surface area contributed by atoms with Gasteiger partial charge in [-0.1, -0.05) is 6.08 Å². The molecule has 0 aromatic carbocycles. The molecule has 0 amide bonds. The van der Waals surface area contributed by atoms with Crippen LogP contribution >= 0.6 is 15.6 Å². The maximum atomic E-state index is 8.88. The normalized spacial score (nSPS) is 10.4. The van der Waals surface area contributed by atoms with Gasteiger partial charge in [0.05, 0.1) is 6.61 Å². The first kappa shape index (κ1) is 21.2. The van der Waals surface area contributed by atoms with E-state index in [1.165, 1.54) is 0 Å². The van der Waals surface area contributed by atoms with Crippen LogP contribution in [0.5, 0.6) is 0 Å². The second-order valence-electron chi connectivity index (χ2n) is 1.97. The molecule has 0 bridgehead atoms. The molecule has 11 heteroatoms. The van der Waals surface area contributed by atoms with Crippen LogP contribution in [0.25, 0.3) is 0 Å². The Balaban J connectivity index is -0.000000160. The van der Waals surface area contributed by atoms with Crippen molar-refractivity contribution in [2.24, 2.45) is 0 Å². The minimum absolute atomic E-state index is 0.677. The van der Waals surface area contributed by atoms with E-state index in [0.717, 1.165) is 6.61 Å². The van der Waals surface area contributed by atoms with Crippen LogP contribution in [0.3, 0.4) is 0 Å². The second-order valence-corrected chi connectivity index (χ2v) is 4.03. The molecule has 0 aliphatic rings. The highest BCUT2D eigenvalue weighted by Gasteiger charge is 2.00. The molecule has 0 aromatic heterocycles. The lowest BCUT2D eigenvalue weighted by Crippen LogP contribution is -1.86. The van der Waals surface area contributed by atoms with Crippen molar-refractivity contribution in [3.63, 3.8) is 0 Å². The molecule has 0 aliphatic heterocycles. The van der Waals surface area contributed by atoms with E-state index in [4.69, 9.17) is 43.2 Å². The third kappa shape index (κ3) is 273. The van der Waals surface area contributed by atoms with Crippen LogP contribution in [-0.4, -0.2) is 42.6 Å². The van der Waals surface area contributed by atoms with Gasteiger partial charge in [-0.2, -0.15) is 0 Å². The van der Waals surface area contributed by atoms with E-state index >= 15 is 0 Å². The van der Waals surface area contributed by atoms with Gasteiger partial charge in [-0.15, -0.1) is 6.58 Å². The number of ether oxygens (including phenoxy) is 1. The van der Waals surface area contributed by atoms with Gasteiger partial charge in [-0.25, -0.2) is 9.13 Å². The molecule has 0 heterocycles. The fourth-order valence-corrected chi connectivity index (χ4v) is 0.201. The van der Waals surface area contributed by atoms with Crippen LogP contribution in [0.1, 0.15) is 6.92 Å². The molecule has 0 aliphatic carbocycles. The first-order valence-corrected chi connectivity index (χ1v) is 6.80. The van der Waals surface area contributed by atoms with E-state index in [-0.39, 0.29) is 0 Å². The summed E-state index contributed by atoms with van der Waals surface area (Å²) in [6, 6.07) is 0. The Morgan fingerprint density at radius 2 is 1.31 bits per heavy atom. The van der Waals surface area contributed by atoms with Crippen LogP contribution in [0.4, 0.5) is 0 Å². The van der Waals surface area contributed by atoms with E-state index < -0.39 is 15.6 Å². The average molecular weight is 282 g/mol. The summed E-state index contributed by atoms with van der Waals surface area (Å²) in [4.78, 5) is 43.1. The lowest BCUT2D eigenvalue weighted by Gasteiger charge is -1.88. The van der Waals surface area contributed by atoms with Crippen LogP contribution in [0.15, 0.2) is 12.7 Å². The first-order valence-electron chi connectivity index (χ1n) is 3.67. The second kappa shape index (κ2) is 11.4. The number of rotatable bonds is 3. The fourth-order valence-electron chi connectivity index (χ4n) is 0.201. The summed E-state index contributed by atoms with van der Waals surface area (Å²) in [6.07, 6.45) is 1.74. The summed E-state index contributed by atoms with van der Waals surface area (Å²) in [5.74, 6) is 0. The molecule has 100 valence electrons. The fraction of sp³-hybridized carbons (Fsp3) is 0.600. The Kier molecular flexibility index (Phi) is 15.1. The highest BCUT2D eigenvalue weighted by molar-refractivity contribution is 7.45. The molecule has 9 nitrogen and oxygen atoms in total. The van der Waals surface area contributed by atoms with Crippen LogP contribution in [0.2, 0.25) is 0 Å². The van der Waals surface area contributed by atoms with Crippen molar-refractivity contribution in [1.29, 1.82) is 0 Å². The maximum Gasteiger partial charge on any atom is 0.466 e. The smallest absolute Gasteiger partial charge is 0.378 e. The molecule has 0 aromatic rings. The van der Waals surface area contributed by atoms with Crippen molar-refractivity contribution in [2.45, 2.75) is 6.92 Å². The summed E-state index contributed by atoms with van der Waals surface area (Å²) < 4.78 is 22.6. The molecule has 6 N–H and O–H groups in total. The third-order valence-electron chi connectivity index (χ3n) is 0.440. The number of hydrogen-bond donors (Lipinski definition) is 6. The Morgan fingerprint density at radius 1 is 1.06 bits per heavy atom. The molecule has 0 radical (unpaired) electrons. The van der Waals surface area contributed by atoms with Crippen molar-refractivity contribution in [3.05, 3.63) is 12.7 Å². The van der Waals surface area contributed by atoms with Crippen molar-refractivity contribution in [1.82, 2.24) is 0 Å². The van der Waals surface area contributed by atoms with Crippen molar-refractivity contribution < 1.29 is 43.2 Å². The Labute approximate surface area is 92.5 Å². The standard InChI is InChI=1S/C5H10O.2H3O4P/c1-3-5-6-4-2;2*1-5(2,3)4/h3H,1,4-5H2,2H3;2*(H3,1,2,3,4). The van der Waals surface area contributed by atoms with Crippen molar-refractivity contribution in [3.8, 4) is 0 Å². The Bertz CT molecular complexity index is 204. The van der Waals surface area contributed by atoms with Gasteiger partial charge >= 0.3 is 15.6 Å². The molecule has 0 saturated heterocycles. The van der Waals surface area contributed by atoms with Gasteiger partial charge in [0, 0.05) is 6.61 Å². The van der Waals surface area contributed by atoms with Crippen molar-refractivity contribution in [2.75, 3.05) is 13.2 Å². The molecule has 0 unspecified atom stereocenters. The monoisotopic (exact) mass is 282 g/mol. The predicted molar refractivity (Wildman–Crippen MR) is 55.2 cm³/mol. The van der Waals surface area contributed by atoms with Gasteiger partial charge in [0.2, 0.25) is 0 Å². The zero-order valence-electron chi connectivity index (χ0n) is 8.50. The maximum absolute atomic E-state index is 8.88. The first-order chi connectivity index (χ1) is 6.91. The average Bonchev–Trinajstić information content (AvgIpc) is 1.94. The lowest BCUT2D eigenvalue weighted by molar-refractivity contribution is 0.178. The quantitative estimate of drug-likeness (QED) is 0.224. The van der Waals surface area contributed by atoms with Crippen molar-refractivity contribution >= 4 is 15.6 Å². The van der Waals surface area contributed by atoms with Gasteiger partial charge in [-0.3, -0.25) is 0 Å². The summed E-state index contributed by atoms with van der Waals surface area (Å²) in [5.41, 5.74) is 0. The summed E-state index contributed by atoms with van der Waals surface area (Å²) in [6.45, 7) is 6.90. The van der Waals surface area contributed by atoms with E-state index in [2.05, 4.69) is 6.58 Å². The molecular formula is C5H16O9P2. The Hall–Kier alpha value is -0.0800. The van der Waals surface area contributed by atoms with Crippen LogP contribution < -0.4 is 0 Å². The SMILES string of the molecule is C=CCOCC.O=P(O)(O)O.O=P(O)(O)O. The minimum atomic E-state index is -4.64. The molecule has 0 rings (SSSR count). The molecule has 16 heavy (non-hydrogen) atoms. The molecule has 0 saturated carbocycles. The van der Waals surface area contributed by atoms with Gasteiger partial charge in [0.15, 0.2) is 0 Å². The Morgan fingerprint density at radius 3 is 1.38 bits per heavy atom. The van der Waals surface area contributed by atoms with E-state index in [1.807, 2.05) is 6.92 Å². The summed E-state index contributed by atoms with van der Waals surface area (Å²) in [5, 5.41) is 0. The number of hydrogen-bond acceptors (Lipinski definition) is 3. The van der Waals surface area contributed by atoms with Gasteiger partial charge in [0.1, 0.15) is 0 Å². The van der Waals surface area contributed by atoms with E-state index in [0.29, 0.717) is 6.61 Å². The summed E-state index contributed by atoms with van der Waals surface area (Å²) in [7, 11) is -9.28. The van der Waals surface area contributed by atoms with Gasteiger partial charge < -0.3 is 34.1 Å². The molecule has 0 atom stereocenters. The zero-order valence-corrected chi connectivity index (χ0v) is 10.3. The molecular weight excluding hydrogens is 266 g/mol. The van der Waals surface area contributed by atoms with Gasteiger partial charge in [0.25, 0.3) is 0 Å². The lowest BCUT2D eigenvalue weighted by atomic mass is 10.7. The summed E-state index contributed by atoms with van der Waals surface area (Å²) >= 11 is 0. The van der Waals surface area contributed by atoms with Crippen LogP contribution in [-0.2, 0) is 13.9 Å². The minimum Gasteiger partial charge on any atom is -0.378 e. The van der Waals surface area contributed by atoms with E-state index in [9.17, 15) is 0 Å².